The largest absolute Gasteiger partial charge is 0.395 e. The molecule has 23 heavy (non-hydrogen) atoms. The summed E-state index contributed by atoms with van der Waals surface area (Å²) in [5.41, 5.74) is 1.39. The van der Waals surface area contributed by atoms with E-state index < -0.39 is 0 Å². The van der Waals surface area contributed by atoms with Crippen molar-refractivity contribution in [2.45, 2.75) is 19.9 Å². The van der Waals surface area contributed by atoms with Crippen molar-refractivity contribution >= 4 is 28.7 Å². The number of fused-ring (bicyclic) bond motifs is 1. The molecule has 3 rings (SSSR count). The fourth-order valence-electron chi connectivity index (χ4n) is 2.34. The molecule has 0 aliphatic rings. The van der Waals surface area contributed by atoms with Crippen LogP contribution in [0.15, 0.2) is 30.7 Å². The van der Waals surface area contributed by atoms with Crippen molar-refractivity contribution in [2.24, 2.45) is 0 Å². The number of aliphatic hydroxyl groups is 1. The van der Waals surface area contributed by atoms with Gasteiger partial charge in [-0.05, 0) is 26.0 Å². The van der Waals surface area contributed by atoms with E-state index in [4.69, 9.17) is 5.11 Å². The van der Waals surface area contributed by atoms with Crippen LogP contribution in [0.4, 0.5) is 17.6 Å². The van der Waals surface area contributed by atoms with E-state index in [9.17, 15) is 0 Å². The Hall–Kier alpha value is -2.74. The van der Waals surface area contributed by atoms with E-state index in [1.54, 1.807) is 6.20 Å². The summed E-state index contributed by atoms with van der Waals surface area (Å²) in [6.07, 6.45) is 3.21. The number of aliphatic hydroxyl groups excluding tert-OH is 1. The van der Waals surface area contributed by atoms with Crippen LogP contribution < -0.4 is 10.6 Å². The second-order valence-electron chi connectivity index (χ2n) is 5.28. The van der Waals surface area contributed by atoms with E-state index in [1.165, 1.54) is 6.33 Å². The second kappa shape index (κ2) is 6.57. The Morgan fingerprint density at radius 2 is 2.09 bits per heavy atom. The maximum Gasteiger partial charge on any atom is 0.211 e. The first-order chi connectivity index (χ1) is 11.2. The molecule has 0 aromatic carbocycles. The molecule has 0 saturated heterocycles. The van der Waals surface area contributed by atoms with Gasteiger partial charge in [-0.2, -0.15) is 0 Å². The average molecular weight is 313 g/mol. The lowest BCUT2D eigenvalue weighted by atomic mass is 10.4. The Morgan fingerprint density at radius 1 is 1.22 bits per heavy atom. The first-order valence-corrected chi connectivity index (χ1v) is 7.46. The van der Waals surface area contributed by atoms with Gasteiger partial charge < -0.3 is 15.7 Å². The van der Waals surface area contributed by atoms with Crippen molar-refractivity contribution in [3.05, 3.63) is 30.7 Å². The van der Waals surface area contributed by atoms with Crippen molar-refractivity contribution in [3.8, 4) is 0 Å². The van der Waals surface area contributed by atoms with Gasteiger partial charge in [0, 0.05) is 18.8 Å². The van der Waals surface area contributed by atoms with Crippen LogP contribution in [0, 0.1) is 0 Å². The molecule has 3 N–H and O–H groups in total. The second-order valence-corrected chi connectivity index (χ2v) is 5.28. The lowest BCUT2D eigenvalue weighted by Gasteiger charge is -2.12. The monoisotopic (exact) mass is 313 g/mol. The Morgan fingerprint density at radius 3 is 2.78 bits per heavy atom. The molecule has 0 atom stereocenters. The van der Waals surface area contributed by atoms with E-state index in [2.05, 4.69) is 44.4 Å². The molecule has 0 unspecified atom stereocenters. The maximum absolute atomic E-state index is 8.99. The molecule has 0 bridgehead atoms. The van der Waals surface area contributed by atoms with Crippen molar-refractivity contribution in [2.75, 3.05) is 23.8 Å². The van der Waals surface area contributed by atoms with E-state index >= 15 is 0 Å². The molecule has 0 saturated carbocycles. The summed E-state index contributed by atoms with van der Waals surface area (Å²) in [4.78, 5) is 17.5. The van der Waals surface area contributed by atoms with E-state index in [1.807, 2.05) is 22.8 Å². The lowest BCUT2D eigenvalue weighted by molar-refractivity contribution is 0.311. The van der Waals surface area contributed by atoms with Gasteiger partial charge in [-0.1, -0.05) is 6.07 Å². The minimum atomic E-state index is 0.0232. The summed E-state index contributed by atoms with van der Waals surface area (Å²) < 4.78 is 2.00. The van der Waals surface area contributed by atoms with Crippen LogP contribution >= 0.6 is 0 Å². The Balaban J connectivity index is 2.07. The highest BCUT2D eigenvalue weighted by atomic mass is 16.3. The van der Waals surface area contributed by atoms with Crippen molar-refractivity contribution in [3.63, 3.8) is 0 Å². The fraction of sp³-hybridized carbons (Fsp3) is 0.333. The van der Waals surface area contributed by atoms with Gasteiger partial charge in [-0.3, -0.25) is 4.57 Å². The fourth-order valence-corrected chi connectivity index (χ4v) is 2.34. The molecule has 0 amide bonds. The summed E-state index contributed by atoms with van der Waals surface area (Å²) in [5.74, 6) is 1.97. The number of nitrogens with zero attached hydrogens (tertiary/aromatic N) is 5. The van der Waals surface area contributed by atoms with Gasteiger partial charge in [0.25, 0.3) is 0 Å². The molecule has 3 aromatic rings. The number of rotatable bonds is 6. The summed E-state index contributed by atoms with van der Waals surface area (Å²) in [6, 6.07) is 5.80. The van der Waals surface area contributed by atoms with Gasteiger partial charge in [-0.25, -0.2) is 19.9 Å². The van der Waals surface area contributed by atoms with E-state index in [-0.39, 0.29) is 12.6 Å². The van der Waals surface area contributed by atoms with Crippen LogP contribution in [0.3, 0.4) is 0 Å². The van der Waals surface area contributed by atoms with Gasteiger partial charge in [0.2, 0.25) is 5.95 Å². The number of imidazole rings is 1. The summed E-state index contributed by atoms with van der Waals surface area (Å²) in [5, 5.41) is 15.3. The lowest BCUT2D eigenvalue weighted by Crippen LogP contribution is -2.08. The van der Waals surface area contributed by atoms with Gasteiger partial charge in [-0.15, -0.1) is 0 Å². The number of hydrogen-bond donors (Lipinski definition) is 3. The van der Waals surface area contributed by atoms with Gasteiger partial charge >= 0.3 is 0 Å². The minimum absolute atomic E-state index is 0.0232. The highest BCUT2D eigenvalue weighted by Crippen LogP contribution is 2.27. The van der Waals surface area contributed by atoms with E-state index in [0.29, 0.717) is 29.6 Å². The van der Waals surface area contributed by atoms with Crippen molar-refractivity contribution in [1.29, 1.82) is 0 Å². The molecule has 0 spiro atoms. The van der Waals surface area contributed by atoms with Crippen molar-refractivity contribution in [1.82, 2.24) is 24.5 Å². The first kappa shape index (κ1) is 15.2. The van der Waals surface area contributed by atoms with Gasteiger partial charge in [0.05, 0.1) is 6.61 Å². The SMILES string of the molecule is CC(C)n1c(Nc2ccccn2)nc2c(NCCO)ncnc21. The quantitative estimate of drug-likeness (QED) is 0.639. The summed E-state index contributed by atoms with van der Waals surface area (Å²) in [6.45, 7) is 4.56. The zero-order valence-corrected chi connectivity index (χ0v) is 13.1. The minimum Gasteiger partial charge on any atom is -0.395 e. The zero-order chi connectivity index (χ0) is 16.2. The maximum atomic E-state index is 8.99. The van der Waals surface area contributed by atoms with Crippen LogP contribution in [0.5, 0.6) is 0 Å². The summed E-state index contributed by atoms with van der Waals surface area (Å²) >= 11 is 0. The predicted octanol–water partition coefficient (Wildman–Crippen LogP) is 1.95. The van der Waals surface area contributed by atoms with Crippen LogP contribution in [0.2, 0.25) is 0 Å². The molecule has 3 heterocycles. The third kappa shape index (κ3) is 3.07. The van der Waals surface area contributed by atoms with Crippen LogP contribution in [0.1, 0.15) is 19.9 Å². The molecule has 0 aliphatic carbocycles. The molecule has 0 aliphatic heterocycles. The number of hydrogen-bond acceptors (Lipinski definition) is 7. The average Bonchev–Trinajstić information content (AvgIpc) is 2.92. The number of nitrogens with one attached hydrogen (secondary N) is 2. The van der Waals surface area contributed by atoms with Crippen LogP contribution in [-0.4, -0.2) is 42.8 Å². The molecule has 8 heteroatoms. The molecule has 8 nitrogen and oxygen atoms in total. The number of anilines is 3. The molecule has 120 valence electrons. The zero-order valence-electron chi connectivity index (χ0n) is 13.1. The summed E-state index contributed by atoms with van der Waals surface area (Å²) in [7, 11) is 0. The number of aromatic nitrogens is 5. The van der Waals surface area contributed by atoms with Gasteiger partial charge in [0.1, 0.15) is 12.1 Å². The van der Waals surface area contributed by atoms with Crippen LogP contribution in [0.25, 0.3) is 11.2 Å². The standard InChI is InChI=1S/C15H19N7O/c1-10(2)22-14-12(13(17-7-8-23)18-9-19-14)21-15(22)20-11-5-3-4-6-16-11/h3-6,9-10,23H,7-8H2,1-2H3,(H,16,20,21)(H,17,18,19). The molecule has 3 aromatic heterocycles. The highest BCUT2D eigenvalue weighted by molar-refractivity contribution is 5.85. The first-order valence-electron chi connectivity index (χ1n) is 7.46. The Kier molecular flexibility index (Phi) is 4.33. The molecular weight excluding hydrogens is 294 g/mol. The van der Waals surface area contributed by atoms with E-state index in [0.717, 1.165) is 5.65 Å². The van der Waals surface area contributed by atoms with Gasteiger partial charge in [0.15, 0.2) is 17.0 Å². The Bertz CT molecular complexity index is 785. The molecule has 0 fully saturated rings. The topological polar surface area (TPSA) is 101 Å². The third-order valence-corrected chi connectivity index (χ3v) is 3.30. The molecule has 0 radical (unpaired) electrons. The highest BCUT2D eigenvalue weighted by Gasteiger charge is 2.18. The Labute approximate surface area is 133 Å². The van der Waals surface area contributed by atoms with Crippen molar-refractivity contribution < 1.29 is 5.11 Å². The normalized spacial score (nSPS) is 11.1. The number of pyridine rings is 1. The van der Waals surface area contributed by atoms with Crippen LogP contribution in [-0.2, 0) is 0 Å². The smallest absolute Gasteiger partial charge is 0.211 e. The third-order valence-electron chi connectivity index (χ3n) is 3.30. The molecular formula is C15H19N7O. The predicted molar refractivity (Wildman–Crippen MR) is 88.8 cm³/mol.